The molecule has 3 aromatic rings. The van der Waals surface area contributed by atoms with E-state index in [1.165, 1.54) is 0 Å². The first-order chi connectivity index (χ1) is 13.4. The SMILES string of the molecule is NC(=O)c1ccc(CNC(=O)NC(Cc2c[nH]c3ccccc23)C(=O)O)cc1. The number of carbonyl (C=O) groups excluding carboxylic acids is 2. The maximum atomic E-state index is 12.1. The summed E-state index contributed by atoms with van der Waals surface area (Å²) in [6.07, 6.45) is 1.90. The highest BCUT2D eigenvalue weighted by Gasteiger charge is 2.21. The third-order valence-electron chi connectivity index (χ3n) is 4.39. The van der Waals surface area contributed by atoms with Crippen molar-refractivity contribution in [3.05, 3.63) is 71.4 Å². The highest BCUT2D eigenvalue weighted by molar-refractivity contribution is 5.92. The molecular formula is C20H20N4O4. The average Bonchev–Trinajstić information content (AvgIpc) is 3.09. The molecular weight excluding hydrogens is 360 g/mol. The molecule has 8 nitrogen and oxygen atoms in total. The number of aromatic amines is 1. The number of H-pyrrole nitrogens is 1. The summed E-state index contributed by atoms with van der Waals surface area (Å²) in [5, 5.41) is 15.5. The predicted molar refractivity (Wildman–Crippen MR) is 104 cm³/mol. The number of hydrogen-bond acceptors (Lipinski definition) is 3. The molecule has 0 fully saturated rings. The standard InChI is InChI=1S/C20H20N4O4/c21-18(25)13-7-5-12(6-8-13)10-23-20(28)24-17(19(26)27)9-14-11-22-16-4-2-1-3-15(14)16/h1-8,11,17,22H,9-10H2,(H2,21,25)(H,26,27)(H2,23,24,28). The van der Waals surface area contributed by atoms with E-state index in [0.29, 0.717) is 5.56 Å². The summed E-state index contributed by atoms with van der Waals surface area (Å²) in [4.78, 5) is 37.9. The molecule has 0 spiro atoms. The van der Waals surface area contributed by atoms with Crippen molar-refractivity contribution in [2.75, 3.05) is 0 Å². The monoisotopic (exact) mass is 380 g/mol. The molecule has 0 radical (unpaired) electrons. The first-order valence-corrected chi connectivity index (χ1v) is 8.65. The summed E-state index contributed by atoms with van der Waals surface area (Å²) in [6, 6.07) is 12.4. The molecule has 1 unspecified atom stereocenters. The topological polar surface area (TPSA) is 137 Å². The lowest BCUT2D eigenvalue weighted by molar-refractivity contribution is -0.139. The number of urea groups is 1. The van der Waals surface area contributed by atoms with Crippen LogP contribution in [0.5, 0.6) is 0 Å². The lowest BCUT2D eigenvalue weighted by Crippen LogP contribution is -2.46. The van der Waals surface area contributed by atoms with Gasteiger partial charge in [0.2, 0.25) is 5.91 Å². The zero-order valence-electron chi connectivity index (χ0n) is 14.9. The molecule has 0 aliphatic carbocycles. The molecule has 1 aromatic heterocycles. The van der Waals surface area contributed by atoms with Crippen molar-refractivity contribution in [3.8, 4) is 0 Å². The molecule has 0 aliphatic heterocycles. The summed E-state index contributed by atoms with van der Waals surface area (Å²) in [5.41, 5.74) is 8.03. The molecule has 3 rings (SSSR count). The molecule has 0 saturated heterocycles. The van der Waals surface area contributed by atoms with E-state index >= 15 is 0 Å². The van der Waals surface area contributed by atoms with Crippen LogP contribution in [-0.4, -0.2) is 34.0 Å². The molecule has 1 heterocycles. The number of nitrogens with one attached hydrogen (secondary N) is 3. The summed E-state index contributed by atoms with van der Waals surface area (Å²) in [7, 11) is 0. The van der Waals surface area contributed by atoms with Crippen molar-refractivity contribution >= 4 is 28.8 Å². The van der Waals surface area contributed by atoms with E-state index in [2.05, 4.69) is 15.6 Å². The Bertz CT molecular complexity index is 1010. The van der Waals surface area contributed by atoms with E-state index < -0.39 is 23.9 Å². The van der Waals surface area contributed by atoms with Crippen molar-refractivity contribution in [3.63, 3.8) is 0 Å². The zero-order valence-corrected chi connectivity index (χ0v) is 14.9. The summed E-state index contributed by atoms with van der Waals surface area (Å²) in [5.74, 6) is -1.65. The van der Waals surface area contributed by atoms with E-state index in [4.69, 9.17) is 5.73 Å². The molecule has 144 valence electrons. The van der Waals surface area contributed by atoms with Crippen molar-refractivity contribution in [1.29, 1.82) is 0 Å². The van der Waals surface area contributed by atoms with Crippen LogP contribution in [0.25, 0.3) is 10.9 Å². The van der Waals surface area contributed by atoms with Crippen LogP contribution < -0.4 is 16.4 Å². The Hall–Kier alpha value is -3.81. The van der Waals surface area contributed by atoms with Crippen molar-refractivity contribution in [2.24, 2.45) is 5.73 Å². The van der Waals surface area contributed by atoms with Gasteiger partial charge in [-0.25, -0.2) is 9.59 Å². The minimum absolute atomic E-state index is 0.153. The quantitative estimate of drug-likeness (QED) is 0.426. The molecule has 8 heteroatoms. The van der Waals surface area contributed by atoms with Crippen LogP contribution in [0.1, 0.15) is 21.5 Å². The molecule has 3 amide bonds. The van der Waals surface area contributed by atoms with Crippen LogP contribution in [0.15, 0.2) is 54.7 Å². The van der Waals surface area contributed by atoms with Gasteiger partial charge in [0.1, 0.15) is 6.04 Å². The Morgan fingerprint density at radius 2 is 1.79 bits per heavy atom. The highest BCUT2D eigenvalue weighted by atomic mass is 16.4. The van der Waals surface area contributed by atoms with E-state index in [-0.39, 0.29) is 13.0 Å². The summed E-state index contributed by atoms with van der Waals surface area (Å²) in [6.45, 7) is 0.185. The number of aromatic nitrogens is 1. The third-order valence-corrected chi connectivity index (χ3v) is 4.39. The Labute approximate surface area is 160 Å². The van der Waals surface area contributed by atoms with Gasteiger partial charge in [0, 0.05) is 35.6 Å². The molecule has 0 saturated carbocycles. The third kappa shape index (κ3) is 4.47. The molecule has 0 aliphatic rings. The Morgan fingerprint density at radius 3 is 2.46 bits per heavy atom. The fraction of sp³-hybridized carbons (Fsp3) is 0.150. The number of rotatable bonds is 7. The number of benzene rings is 2. The summed E-state index contributed by atoms with van der Waals surface area (Å²) >= 11 is 0. The molecule has 1 atom stereocenters. The number of carbonyl (C=O) groups is 3. The van der Waals surface area contributed by atoms with Gasteiger partial charge in [-0.2, -0.15) is 0 Å². The average molecular weight is 380 g/mol. The van der Waals surface area contributed by atoms with E-state index in [9.17, 15) is 19.5 Å². The molecule has 6 N–H and O–H groups in total. The number of amides is 3. The van der Waals surface area contributed by atoms with E-state index in [1.807, 2.05) is 24.3 Å². The second-order valence-electron chi connectivity index (χ2n) is 6.34. The number of primary amides is 1. The molecule has 2 aromatic carbocycles. The van der Waals surface area contributed by atoms with E-state index in [1.54, 1.807) is 30.5 Å². The number of fused-ring (bicyclic) bond motifs is 1. The molecule has 28 heavy (non-hydrogen) atoms. The van der Waals surface area contributed by atoms with Crippen LogP contribution in [0, 0.1) is 0 Å². The number of carboxylic acids is 1. The minimum Gasteiger partial charge on any atom is -0.480 e. The maximum Gasteiger partial charge on any atom is 0.326 e. The van der Waals surface area contributed by atoms with Gasteiger partial charge in [-0.3, -0.25) is 4.79 Å². The van der Waals surface area contributed by atoms with Crippen molar-refractivity contribution in [2.45, 2.75) is 19.0 Å². The van der Waals surface area contributed by atoms with Gasteiger partial charge >= 0.3 is 12.0 Å². The Morgan fingerprint density at radius 1 is 1.07 bits per heavy atom. The zero-order chi connectivity index (χ0) is 20.1. The van der Waals surface area contributed by atoms with Crippen LogP contribution >= 0.6 is 0 Å². The number of carboxylic acid groups (broad SMARTS) is 1. The number of hydrogen-bond donors (Lipinski definition) is 5. The highest BCUT2D eigenvalue weighted by Crippen LogP contribution is 2.19. The molecule has 0 bridgehead atoms. The second kappa shape index (κ2) is 8.26. The maximum absolute atomic E-state index is 12.1. The normalized spacial score (nSPS) is 11.7. The van der Waals surface area contributed by atoms with Gasteiger partial charge < -0.3 is 26.5 Å². The Kier molecular flexibility index (Phi) is 5.59. The fourth-order valence-electron chi connectivity index (χ4n) is 2.90. The van der Waals surface area contributed by atoms with E-state index in [0.717, 1.165) is 22.0 Å². The Balaban J connectivity index is 1.60. The van der Waals surface area contributed by atoms with Gasteiger partial charge in [0.15, 0.2) is 0 Å². The van der Waals surface area contributed by atoms with Crippen molar-refractivity contribution < 1.29 is 19.5 Å². The second-order valence-corrected chi connectivity index (χ2v) is 6.34. The first-order valence-electron chi connectivity index (χ1n) is 8.65. The van der Waals surface area contributed by atoms with Crippen LogP contribution in [0.2, 0.25) is 0 Å². The van der Waals surface area contributed by atoms with Gasteiger partial charge in [0.05, 0.1) is 0 Å². The fourth-order valence-corrected chi connectivity index (χ4v) is 2.90. The van der Waals surface area contributed by atoms with Crippen LogP contribution in [0.4, 0.5) is 4.79 Å². The lowest BCUT2D eigenvalue weighted by Gasteiger charge is -2.15. The first kappa shape index (κ1) is 19.0. The van der Waals surface area contributed by atoms with Gasteiger partial charge in [-0.1, -0.05) is 30.3 Å². The number of aliphatic carboxylic acids is 1. The summed E-state index contributed by atoms with van der Waals surface area (Å²) < 4.78 is 0. The lowest BCUT2D eigenvalue weighted by atomic mass is 10.1. The number of nitrogens with two attached hydrogens (primary N) is 1. The van der Waals surface area contributed by atoms with Gasteiger partial charge in [-0.05, 0) is 29.3 Å². The predicted octanol–water partition coefficient (Wildman–Crippen LogP) is 1.76. The van der Waals surface area contributed by atoms with Crippen LogP contribution in [0.3, 0.4) is 0 Å². The largest absolute Gasteiger partial charge is 0.480 e. The number of para-hydroxylation sites is 1. The van der Waals surface area contributed by atoms with Gasteiger partial charge in [0.25, 0.3) is 0 Å². The van der Waals surface area contributed by atoms with Crippen molar-refractivity contribution in [1.82, 2.24) is 15.6 Å². The van der Waals surface area contributed by atoms with Crippen LogP contribution in [-0.2, 0) is 17.8 Å². The minimum atomic E-state index is -1.12. The van der Waals surface area contributed by atoms with Gasteiger partial charge in [-0.15, -0.1) is 0 Å². The smallest absolute Gasteiger partial charge is 0.326 e.